The molecule has 15 heavy (non-hydrogen) atoms. The number of hydrogen-bond donors (Lipinski definition) is 1. The molecular weight excluding hydrogens is 250 g/mol. The molecule has 0 saturated heterocycles. The van der Waals surface area contributed by atoms with Gasteiger partial charge in [0.15, 0.2) is 0 Å². The third-order valence-electron chi connectivity index (χ3n) is 2.36. The molecule has 0 aromatic heterocycles. The topological polar surface area (TPSA) is 12.0 Å². The maximum absolute atomic E-state index is 5.37. The monoisotopic (exact) mass is 265 g/mol. The van der Waals surface area contributed by atoms with Crippen molar-refractivity contribution < 1.29 is 0 Å². The van der Waals surface area contributed by atoms with Crippen LogP contribution in [0.25, 0.3) is 0 Å². The molecule has 1 aromatic carbocycles. The average molecular weight is 266 g/mol. The van der Waals surface area contributed by atoms with Gasteiger partial charge in [-0.3, -0.25) is 0 Å². The molecule has 1 rings (SSSR count). The van der Waals surface area contributed by atoms with Crippen LogP contribution in [0.1, 0.15) is 30.5 Å². The maximum atomic E-state index is 5.37. The van der Waals surface area contributed by atoms with Crippen molar-refractivity contribution in [2.24, 2.45) is 0 Å². The predicted molar refractivity (Wildman–Crippen MR) is 68.7 cm³/mol. The molecule has 0 amide bonds. The lowest BCUT2D eigenvalue weighted by Gasteiger charge is -2.16. The van der Waals surface area contributed by atoms with Gasteiger partial charge in [-0.2, -0.15) is 0 Å². The van der Waals surface area contributed by atoms with E-state index in [1.54, 1.807) is 0 Å². The Morgan fingerprint density at radius 2 is 2.27 bits per heavy atom. The van der Waals surface area contributed by atoms with Gasteiger partial charge in [0.25, 0.3) is 0 Å². The minimum absolute atomic E-state index is 0.270. The smallest absolute Gasteiger partial charge is 0.0430 e. The highest BCUT2D eigenvalue weighted by Crippen LogP contribution is 2.22. The molecule has 1 aromatic rings. The molecule has 0 radical (unpaired) electrons. The van der Waals surface area contributed by atoms with E-state index in [0.29, 0.717) is 0 Å². The van der Waals surface area contributed by atoms with E-state index in [9.17, 15) is 0 Å². The van der Waals surface area contributed by atoms with Crippen molar-refractivity contribution in [1.29, 1.82) is 0 Å². The van der Waals surface area contributed by atoms with Gasteiger partial charge in [0.1, 0.15) is 0 Å². The Labute approximate surface area is 100 Å². The van der Waals surface area contributed by atoms with Crippen molar-refractivity contribution >= 4 is 15.9 Å². The number of rotatable bonds is 4. The molecule has 2 heteroatoms. The molecule has 0 bridgehead atoms. The van der Waals surface area contributed by atoms with E-state index in [1.165, 1.54) is 11.1 Å². The first kappa shape index (κ1) is 12.3. The highest BCUT2D eigenvalue weighted by Gasteiger charge is 2.09. The number of halogens is 1. The normalized spacial score (nSPS) is 12.1. The molecule has 0 aliphatic heterocycles. The summed E-state index contributed by atoms with van der Waals surface area (Å²) in [6.45, 7) is 5.11. The summed E-state index contributed by atoms with van der Waals surface area (Å²) in [5.74, 6) is 2.71. The average Bonchev–Trinajstić information content (AvgIpc) is 2.22. The van der Waals surface area contributed by atoms with Crippen molar-refractivity contribution in [2.45, 2.75) is 26.3 Å². The second kappa shape index (κ2) is 5.95. The predicted octanol–water partition coefficient (Wildman–Crippen LogP) is 3.43. The minimum atomic E-state index is 0.270. The quantitative estimate of drug-likeness (QED) is 0.823. The standard InChI is InChI=1S/C13H16BrN/c1-4-6-13(15-5-2)11-7-8-12(14)10(3)9-11/h1,7-9,13,15H,5-6H2,2-3H3. The molecule has 1 atom stereocenters. The number of terminal acetylenes is 1. The van der Waals surface area contributed by atoms with Crippen molar-refractivity contribution in [2.75, 3.05) is 6.54 Å². The summed E-state index contributed by atoms with van der Waals surface area (Å²) in [5, 5.41) is 3.39. The zero-order valence-electron chi connectivity index (χ0n) is 9.18. The second-order valence-electron chi connectivity index (χ2n) is 3.53. The summed E-state index contributed by atoms with van der Waals surface area (Å²) < 4.78 is 1.14. The van der Waals surface area contributed by atoms with Crippen molar-refractivity contribution in [3.05, 3.63) is 33.8 Å². The van der Waals surface area contributed by atoms with Gasteiger partial charge in [-0.05, 0) is 30.7 Å². The largest absolute Gasteiger partial charge is 0.309 e. The van der Waals surface area contributed by atoms with Gasteiger partial charge in [0, 0.05) is 16.9 Å². The minimum Gasteiger partial charge on any atom is -0.309 e. The van der Waals surface area contributed by atoms with Crippen LogP contribution in [0.15, 0.2) is 22.7 Å². The second-order valence-corrected chi connectivity index (χ2v) is 4.38. The van der Waals surface area contributed by atoms with Gasteiger partial charge in [-0.15, -0.1) is 12.3 Å². The van der Waals surface area contributed by atoms with Gasteiger partial charge in [-0.25, -0.2) is 0 Å². The van der Waals surface area contributed by atoms with Crippen molar-refractivity contribution in [3.63, 3.8) is 0 Å². The van der Waals surface area contributed by atoms with Crippen LogP contribution in [0.2, 0.25) is 0 Å². The maximum Gasteiger partial charge on any atom is 0.0430 e. The fourth-order valence-electron chi connectivity index (χ4n) is 1.56. The first-order valence-electron chi connectivity index (χ1n) is 5.12. The summed E-state index contributed by atoms with van der Waals surface area (Å²) in [7, 11) is 0. The molecule has 0 saturated carbocycles. The lowest BCUT2D eigenvalue weighted by atomic mass is 10.0. The Hall–Kier alpha value is -0.780. The van der Waals surface area contributed by atoms with Gasteiger partial charge < -0.3 is 5.32 Å². The third kappa shape index (κ3) is 3.37. The zero-order chi connectivity index (χ0) is 11.3. The van der Waals surface area contributed by atoms with Gasteiger partial charge in [-0.1, -0.05) is 35.0 Å². The molecule has 80 valence electrons. The molecule has 0 aliphatic carbocycles. The summed E-state index contributed by atoms with van der Waals surface area (Å²) in [6, 6.07) is 6.63. The molecule has 1 unspecified atom stereocenters. The highest BCUT2D eigenvalue weighted by molar-refractivity contribution is 9.10. The van der Waals surface area contributed by atoms with Gasteiger partial charge in [0.2, 0.25) is 0 Å². The molecule has 1 nitrogen and oxygen atoms in total. The summed E-state index contributed by atoms with van der Waals surface area (Å²) in [6.07, 6.45) is 6.10. The van der Waals surface area contributed by atoms with Crippen molar-refractivity contribution in [1.82, 2.24) is 5.32 Å². The van der Waals surface area contributed by atoms with Crippen LogP contribution < -0.4 is 5.32 Å². The Morgan fingerprint density at radius 1 is 1.53 bits per heavy atom. The zero-order valence-corrected chi connectivity index (χ0v) is 10.8. The Balaban J connectivity index is 2.91. The highest BCUT2D eigenvalue weighted by atomic mass is 79.9. The SMILES string of the molecule is C#CCC(NCC)c1ccc(Br)c(C)c1. The van der Waals surface area contributed by atoms with E-state index < -0.39 is 0 Å². The first-order valence-corrected chi connectivity index (χ1v) is 5.91. The number of hydrogen-bond acceptors (Lipinski definition) is 1. The number of nitrogens with one attached hydrogen (secondary N) is 1. The number of aryl methyl sites for hydroxylation is 1. The van der Waals surface area contributed by atoms with Gasteiger partial charge >= 0.3 is 0 Å². The van der Waals surface area contributed by atoms with Crippen LogP contribution in [-0.2, 0) is 0 Å². The van der Waals surface area contributed by atoms with E-state index in [0.717, 1.165) is 17.4 Å². The molecule has 0 aliphatic rings. The summed E-state index contributed by atoms with van der Waals surface area (Å²) >= 11 is 3.50. The fourth-order valence-corrected chi connectivity index (χ4v) is 1.80. The van der Waals surface area contributed by atoms with Gasteiger partial charge in [0.05, 0.1) is 0 Å². The number of benzene rings is 1. The molecular formula is C13H16BrN. The lowest BCUT2D eigenvalue weighted by molar-refractivity contribution is 0.565. The lowest BCUT2D eigenvalue weighted by Crippen LogP contribution is -2.20. The fraction of sp³-hybridized carbons (Fsp3) is 0.385. The van der Waals surface area contributed by atoms with Crippen LogP contribution in [0.3, 0.4) is 0 Å². The Morgan fingerprint density at radius 3 is 2.80 bits per heavy atom. The Bertz CT molecular complexity index is 365. The van der Waals surface area contributed by atoms with Crippen LogP contribution in [0, 0.1) is 19.3 Å². The third-order valence-corrected chi connectivity index (χ3v) is 3.25. The van der Waals surface area contributed by atoms with Crippen LogP contribution in [-0.4, -0.2) is 6.54 Å². The first-order chi connectivity index (χ1) is 7.19. The van der Waals surface area contributed by atoms with E-state index in [-0.39, 0.29) is 6.04 Å². The summed E-state index contributed by atoms with van der Waals surface area (Å²) in [4.78, 5) is 0. The molecule has 0 heterocycles. The van der Waals surface area contributed by atoms with Crippen LogP contribution >= 0.6 is 15.9 Å². The van der Waals surface area contributed by atoms with E-state index in [4.69, 9.17) is 6.42 Å². The Kier molecular flexibility index (Phi) is 4.87. The van der Waals surface area contributed by atoms with Crippen LogP contribution in [0.4, 0.5) is 0 Å². The molecule has 0 fully saturated rings. The summed E-state index contributed by atoms with van der Waals surface area (Å²) in [5.41, 5.74) is 2.50. The molecule has 0 spiro atoms. The van der Waals surface area contributed by atoms with E-state index in [1.807, 2.05) is 0 Å². The van der Waals surface area contributed by atoms with Crippen LogP contribution in [0.5, 0.6) is 0 Å². The van der Waals surface area contributed by atoms with E-state index in [2.05, 4.69) is 59.2 Å². The van der Waals surface area contributed by atoms with E-state index >= 15 is 0 Å². The molecule has 1 N–H and O–H groups in total. The van der Waals surface area contributed by atoms with Crippen molar-refractivity contribution in [3.8, 4) is 12.3 Å².